The summed E-state index contributed by atoms with van der Waals surface area (Å²) >= 11 is 0. The molecule has 3 heteroatoms. The third-order valence-corrected chi connectivity index (χ3v) is 1.54. The van der Waals surface area contributed by atoms with Crippen LogP contribution in [0.15, 0.2) is 42.0 Å². The highest BCUT2D eigenvalue weighted by molar-refractivity contribution is 6.07. The van der Waals surface area contributed by atoms with Gasteiger partial charge < -0.3 is 0 Å². The van der Waals surface area contributed by atoms with Crippen LogP contribution in [0.3, 0.4) is 0 Å². The van der Waals surface area contributed by atoms with E-state index in [0.717, 1.165) is 6.92 Å². The molecule has 68 valence electrons. The summed E-state index contributed by atoms with van der Waals surface area (Å²) < 4.78 is 25.1. The van der Waals surface area contributed by atoms with Gasteiger partial charge in [-0.2, -0.15) is 4.39 Å². The van der Waals surface area contributed by atoms with Gasteiger partial charge in [0.15, 0.2) is 0 Å². The molecule has 0 heterocycles. The van der Waals surface area contributed by atoms with Crippen LogP contribution in [0.4, 0.5) is 8.78 Å². The van der Waals surface area contributed by atoms with Crippen molar-refractivity contribution in [3.63, 3.8) is 0 Å². The normalized spacial score (nSPS) is 12.2. The Morgan fingerprint density at radius 3 is 2.15 bits per heavy atom. The number of ketones is 1. The molecule has 1 aromatic rings. The first-order chi connectivity index (χ1) is 6.13. The standard InChI is InChI=1S/C10H8F2O/c1-7(11)9(12)10(13)8-5-3-2-4-6-8/h2-6H,1H3. The summed E-state index contributed by atoms with van der Waals surface area (Å²) in [6, 6.07) is 7.75. The van der Waals surface area contributed by atoms with E-state index in [-0.39, 0.29) is 5.56 Å². The average molecular weight is 182 g/mol. The zero-order valence-electron chi connectivity index (χ0n) is 7.05. The smallest absolute Gasteiger partial charge is 0.224 e. The second-order valence-electron chi connectivity index (χ2n) is 2.54. The van der Waals surface area contributed by atoms with E-state index in [1.165, 1.54) is 12.1 Å². The lowest BCUT2D eigenvalue weighted by Crippen LogP contribution is -2.00. The Balaban J connectivity index is 3.00. The van der Waals surface area contributed by atoms with Gasteiger partial charge in [-0.15, -0.1) is 0 Å². The van der Waals surface area contributed by atoms with Crippen LogP contribution in [0.5, 0.6) is 0 Å². The van der Waals surface area contributed by atoms with Crippen molar-refractivity contribution in [3.8, 4) is 0 Å². The van der Waals surface area contributed by atoms with Gasteiger partial charge >= 0.3 is 0 Å². The molecule has 0 saturated carbocycles. The highest BCUT2D eigenvalue weighted by Crippen LogP contribution is 2.13. The summed E-state index contributed by atoms with van der Waals surface area (Å²) in [4.78, 5) is 11.1. The van der Waals surface area contributed by atoms with Crippen molar-refractivity contribution < 1.29 is 13.6 Å². The predicted octanol–water partition coefficient (Wildman–Crippen LogP) is 3.04. The van der Waals surface area contributed by atoms with Crippen molar-refractivity contribution in [2.75, 3.05) is 0 Å². The first-order valence-electron chi connectivity index (χ1n) is 3.74. The summed E-state index contributed by atoms with van der Waals surface area (Å²) in [5, 5.41) is 0. The molecule has 0 aliphatic heterocycles. The van der Waals surface area contributed by atoms with Gasteiger partial charge in [0.2, 0.25) is 11.6 Å². The fourth-order valence-electron chi connectivity index (χ4n) is 0.873. The van der Waals surface area contributed by atoms with E-state index < -0.39 is 17.4 Å². The Labute approximate surface area is 74.7 Å². The Morgan fingerprint density at radius 2 is 1.69 bits per heavy atom. The SMILES string of the molecule is CC(F)=C(F)C(=O)c1ccccc1. The molecule has 0 aromatic heterocycles. The number of hydrogen-bond donors (Lipinski definition) is 0. The second kappa shape index (κ2) is 3.94. The molecule has 0 aliphatic rings. The van der Waals surface area contributed by atoms with E-state index in [4.69, 9.17) is 0 Å². The number of hydrogen-bond acceptors (Lipinski definition) is 1. The van der Waals surface area contributed by atoms with E-state index in [1.807, 2.05) is 0 Å². The van der Waals surface area contributed by atoms with Crippen molar-refractivity contribution in [3.05, 3.63) is 47.5 Å². The van der Waals surface area contributed by atoms with Gasteiger partial charge in [0.1, 0.15) is 5.83 Å². The monoisotopic (exact) mass is 182 g/mol. The Morgan fingerprint density at radius 1 is 1.15 bits per heavy atom. The van der Waals surface area contributed by atoms with E-state index in [1.54, 1.807) is 18.2 Å². The topological polar surface area (TPSA) is 17.1 Å². The third-order valence-electron chi connectivity index (χ3n) is 1.54. The van der Waals surface area contributed by atoms with E-state index in [0.29, 0.717) is 0 Å². The second-order valence-corrected chi connectivity index (χ2v) is 2.54. The number of Topliss-reactive ketones (excluding diaryl/α,β-unsaturated/α-hetero) is 1. The number of halogens is 2. The Bertz CT molecular complexity index is 337. The van der Waals surface area contributed by atoms with Crippen LogP contribution in [-0.4, -0.2) is 5.78 Å². The van der Waals surface area contributed by atoms with Crippen molar-refractivity contribution >= 4 is 5.78 Å². The van der Waals surface area contributed by atoms with Gasteiger partial charge in [-0.05, 0) is 6.92 Å². The molecule has 0 atom stereocenters. The predicted molar refractivity (Wildman–Crippen MR) is 45.7 cm³/mol. The molecule has 1 rings (SSSR count). The van der Waals surface area contributed by atoms with Crippen LogP contribution in [0.2, 0.25) is 0 Å². The lowest BCUT2D eigenvalue weighted by Gasteiger charge is -1.96. The van der Waals surface area contributed by atoms with Gasteiger partial charge in [-0.3, -0.25) is 4.79 Å². The minimum absolute atomic E-state index is 0.150. The lowest BCUT2D eigenvalue weighted by atomic mass is 10.1. The quantitative estimate of drug-likeness (QED) is 0.507. The van der Waals surface area contributed by atoms with Gasteiger partial charge in [-0.1, -0.05) is 30.3 Å². The molecular formula is C10H8F2O. The van der Waals surface area contributed by atoms with E-state index in [2.05, 4.69) is 0 Å². The minimum Gasteiger partial charge on any atom is -0.286 e. The van der Waals surface area contributed by atoms with Gasteiger partial charge in [0.05, 0.1) is 0 Å². The Hall–Kier alpha value is -1.51. The maximum absolute atomic E-state index is 12.8. The van der Waals surface area contributed by atoms with E-state index >= 15 is 0 Å². The molecule has 0 spiro atoms. The van der Waals surface area contributed by atoms with E-state index in [9.17, 15) is 13.6 Å². The molecule has 0 N–H and O–H groups in total. The van der Waals surface area contributed by atoms with Crippen LogP contribution in [0.1, 0.15) is 17.3 Å². The molecule has 0 unspecified atom stereocenters. The summed E-state index contributed by atoms with van der Waals surface area (Å²) in [6.07, 6.45) is 0. The van der Waals surface area contributed by atoms with Gasteiger partial charge in [0.25, 0.3) is 0 Å². The maximum Gasteiger partial charge on any atom is 0.224 e. The molecule has 0 aliphatic carbocycles. The van der Waals surface area contributed by atoms with Crippen LogP contribution in [0.25, 0.3) is 0 Å². The van der Waals surface area contributed by atoms with Crippen LogP contribution in [-0.2, 0) is 0 Å². The van der Waals surface area contributed by atoms with Gasteiger partial charge in [-0.25, -0.2) is 4.39 Å². The lowest BCUT2D eigenvalue weighted by molar-refractivity contribution is 0.1000. The maximum atomic E-state index is 12.8. The zero-order chi connectivity index (χ0) is 9.84. The number of allylic oxidation sites excluding steroid dienone is 2. The van der Waals surface area contributed by atoms with Crippen molar-refractivity contribution in [1.29, 1.82) is 0 Å². The van der Waals surface area contributed by atoms with Crippen LogP contribution in [0, 0.1) is 0 Å². The summed E-state index contributed by atoms with van der Waals surface area (Å²) in [7, 11) is 0. The molecule has 13 heavy (non-hydrogen) atoms. The van der Waals surface area contributed by atoms with Gasteiger partial charge in [0, 0.05) is 5.56 Å². The van der Waals surface area contributed by atoms with Crippen molar-refractivity contribution in [2.24, 2.45) is 0 Å². The number of benzene rings is 1. The zero-order valence-corrected chi connectivity index (χ0v) is 7.05. The average Bonchev–Trinajstić information content (AvgIpc) is 2.17. The number of carbonyl (C=O) groups is 1. The molecule has 0 fully saturated rings. The summed E-state index contributed by atoms with van der Waals surface area (Å²) in [5.74, 6) is -3.33. The number of rotatable bonds is 2. The minimum atomic E-state index is -1.33. The van der Waals surface area contributed by atoms with Crippen LogP contribution < -0.4 is 0 Å². The molecular weight excluding hydrogens is 174 g/mol. The number of carbonyl (C=O) groups excluding carboxylic acids is 1. The highest BCUT2D eigenvalue weighted by Gasteiger charge is 2.14. The molecule has 0 bridgehead atoms. The summed E-state index contributed by atoms with van der Waals surface area (Å²) in [5.41, 5.74) is 0.150. The first-order valence-corrected chi connectivity index (χ1v) is 3.74. The van der Waals surface area contributed by atoms with Crippen molar-refractivity contribution in [1.82, 2.24) is 0 Å². The highest BCUT2D eigenvalue weighted by atomic mass is 19.2. The molecule has 0 radical (unpaired) electrons. The largest absolute Gasteiger partial charge is 0.286 e. The van der Waals surface area contributed by atoms with Crippen molar-refractivity contribution in [2.45, 2.75) is 6.92 Å². The summed E-state index contributed by atoms with van der Waals surface area (Å²) in [6.45, 7) is 0.913. The first kappa shape index (κ1) is 9.58. The van der Waals surface area contributed by atoms with Crippen LogP contribution >= 0.6 is 0 Å². The molecule has 1 nitrogen and oxygen atoms in total. The fourth-order valence-corrected chi connectivity index (χ4v) is 0.873. The fraction of sp³-hybridized carbons (Fsp3) is 0.100. The molecule has 0 amide bonds. The molecule has 0 saturated heterocycles. The third kappa shape index (κ3) is 2.21. The Kier molecular flexibility index (Phi) is 2.90. The molecule has 1 aromatic carbocycles.